The van der Waals surface area contributed by atoms with Crippen molar-refractivity contribution in [3.63, 3.8) is 0 Å². The van der Waals surface area contributed by atoms with Crippen LogP contribution in [0.25, 0.3) is 0 Å². The molecule has 7 heteroatoms. The zero-order valence-corrected chi connectivity index (χ0v) is 31.4. The number of unbranched alkanes of at least 4 members (excludes halogenated alkanes) is 12. The lowest BCUT2D eigenvalue weighted by atomic mass is 10.0. The number of carbonyl (C=O) groups excluding carboxylic acids is 2. The van der Waals surface area contributed by atoms with Gasteiger partial charge < -0.3 is 23.4 Å². The maximum atomic E-state index is 12.2. The number of ether oxygens (including phenoxy) is 2. The minimum atomic E-state index is -0.798. The van der Waals surface area contributed by atoms with Crippen LogP contribution >= 0.6 is 0 Å². The molecular weight excluding hydrogens is 604 g/mol. The smallest absolute Gasteiger partial charge is 0.306 e. The highest BCUT2D eigenvalue weighted by Gasteiger charge is 2.17. The number of esters is 2. The summed E-state index contributed by atoms with van der Waals surface area (Å²) in [5.74, 6) is 3.98. The average molecular weight is 673 g/mol. The largest absolute Gasteiger partial charge is 0.466 e. The monoisotopic (exact) mass is 672 g/mol. The Balaban J connectivity index is 1.42. The summed E-state index contributed by atoms with van der Waals surface area (Å²) in [6.45, 7) is 12.6. The van der Waals surface area contributed by atoms with E-state index in [9.17, 15) is 14.7 Å². The quantitative estimate of drug-likeness (QED) is 0.0709. The lowest BCUT2D eigenvalue weighted by molar-refractivity contribution is -0.161. The number of furan rings is 2. The third kappa shape index (κ3) is 15.8. The van der Waals surface area contributed by atoms with Gasteiger partial charge in [0.15, 0.2) is 6.10 Å². The van der Waals surface area contributed by atoms with Crippen molar-refractivity contribution in [3.05, 3.63) is 45.3 Å². The Morgan fingerprint density at radius 2 is 0.896 bits per heavy atom. The Kier molecular flexibility index (Phi) is 21.3. The van der Waals surface area contributed by atoms with Crippen LogP contribution in [0.2, 0.25) is 0 Å². The highest BCUT2D eigenvalue weighted by Crippen LogP contribution is 2.26. The van der Waals surface area contributed by atoms with Crippen LogP contribution in [0.1, 0.15) is 175 Å². The molecule has 0 radical (unpaired) electrons. The SMILES string of the molecule is CCCc1oc(CCCCCCCCCCC(=O)O[C@@H](CO)COC(=O)CCCCCCCCc2oc(CCC)c(C)c2C)c(C)c1C. The Morgan fingerprint density at radius 3 is 1.29 bits per heavy atom. The van der Waals surface area contributed by atoms with E-state index in [1.54, 1.807) is 0 Å². The normalized spacial score (nSPS) is 12.1. The van der Waals surface area contributed by atoms with Crippen molar-refractivity contribution in [1.82, 2.24) is 0 Å². The van der Waals surface area contributed by atoms with E-state index < -0.39 is 6.10 Å². The second-order valence-corrected chi connectivity index (χ2v) is 13.8. The van der Waals surface area contributed by atoms with Gasteiger partial charge in [0.05, 0.1) is 6.61 Å². The van der Waals surface area contributed by atoms with E-state index in [2.05, 4.69) is 41.5 Å². The minimum absolute atomic E-state index is 0.0916. The molecule has 2 aromatic heterocycles. The van der Waals surface area contributed by atoms with Gasteiger partial charge in [-0.2, -0.15) is 0 Å². The van der Waals surface area contributed by atoms with Gasteiger partial charge in [0.2, 0.25) is 0 Å². The molecule has 1 atom stereocenters. The van der Waals surface area contributed by atoms with Gasteiger partial charge in [-0.1, -0.05) is 78.1 Å². The second-order valence-electron chi connectivity index (χ2n) is 13.8. The number of aliphatic hydroxyl groups excluding tert-OH is 1. The fourth-order valence-corrected chi connectivity index (χ4v) is 6.35. The maximum absolute atomic E-state index is 12.2. The van der Waals surface area contributed by atoms with E-state index in [0.29, 0.717) is 12.8 Å². The molecule has 48 heavy (non-hydrogen) atoms. The molecule has 0 aliphatic carbocycles. The van der Waals surface area contributed by atoms with Crippen molar-refractivity contribution in [2.45, 2.75) is 189 Å². The number of rotatable bonds is 28. The summed E-state index contributed by atoms with van der Waals surface area (Å²) in [6, 6.07) is 0. The van der Waals surface area contributed by atoms with Crippen molar-refractivity contribution in [3.8, 4) is 0 Å². The number of carbonyl (C=O) groups is 2. The van der Waals surface area contributed by atoms with E-state index in [1.807, 2.05) is 0 Å². The lowest BCUT2D eigenvalue weighted by Gasteiger charge is -2.15. The Labute approximate surface area is 291 Å². The molecule has 2 rings (SSSR count). The molecule has 0 aliphatic rings. The Bertz CT molecular complexity index is 1170. The van der Waals surface area contributed by atoms with Crippen LogP contribution in [-0.4, -0.2) is 36.4 Å². The third-order valence-corrected chi connectivity index (χ3v) is 9.75. The first-order valence-electron chi connectivity index (χ1n) is 19.3. The predicted molar refractivity (Wildman–Crippen MR) is 194 cm³/mol. The summed E-state index contributed by atoms with van der Waals surface area (Å²) in [5.41, 5.74) is 5.29. The predicted octanol–water partition coefficient (Wildman–Crippen LogP) is 10.5. The summed E-state index contributed by atoms with van der Waals surface area (Å²) in [4.78, 5) is 24.4. The second kappa shape index (κ2) is 24.6. The van der Waals surface area contributed by atoms with Crippen molar-refractivity contribution >= 4 is 11.9 Å². The fourth-order valence-electron chi connectivity index (χ4n) is 6.35. The van der Waals surface area contributed by atoms with Crippen molar-refractivity contribution in [1.29, 1.82) is 0 Å². The van der Waals surface area contributed by atoms with Gasteiger partial charge in [0, 0.05) is 38.5 Å². The van der Waals surface area contributed by atoms with Gasteiger partial charge >= 0.3 is 11.9 Å². The first-order valence-corrected chi connectivity index (χ1v) is 19.3. The topological polar surface area (TPSA) is 99.1 Å². The van der Waals surface area contributed by atoms with E-state index in [-0.39, 0.29) is 25.2 Å². The summed E-state index contributed by atoms with van der Waals surface area (Å²) in [7, 11) is 0. The highest BCUT2D eigenvalue weighted by molar-refractivity contribution is 5.70. The van der Waals surface area contributed by atoms with Crippen molar-refractivity contribution < 1.29 is 33.0 Å². The lowest BCUT2D eigenvalue weighted by Crippen LogP contribution is -2.28. The maximum Gasteiger partial charge on any atom is 0.306 e. The summed E-state index contributed by atoms with van der Waals surface area (Å²) in [5, 5.41) is 9.60. The highest BCUT2D eigenvalue weighted by atomic mass is 16.6. The number of aliphatic hydroxyl groups is 1. The van der Waals surface area contributed by atoms with Gasteiger partial charge in [-0.05, 0) is 88.5 Å². The molecule has 2 heterocycles. The van der Waals surface area contributed by atoms with Crippen molar-refractivity contribution in [2.75, 3.05) is 13.2 Å². The zero-order chi connectivity index (χ0) is 35.1. The first-order chi connectivity index (χ1) is 23.2. The van der Waals surface area contributed by atoms with E-state index in [0.717, 1.165) is 114 Å². The summed E-state index contributed by atoms with van der Waals surface area (Å²) in [6.07, 6.45) is 21.3. The van der Waals surface area contributed by atoms with Crippen LogP contribution in [0.4, 0.5) is 0 Å². The summed E-state index contributed by atoms with van der Waals surface area (Å²) >= 11 is 0. The standard InChI is InChI=1S/C41H68O7/c1-7-23-36-31(3)33(5)38(47-36)25-19-15-11-9-10-12-18-22-28-41(44)46-35(29-42)30-45-40(43)27-21-17-14-13-16-20-26-39-34(6)32(4)37(48-39)24-8-2/h35,42H,7-30H2,1-6H3/t35-/m0/s1. The van der Waals surface area contributed by atoms with E-state index in [4.69, 9.17) is 18.3 Å². The first kappa shape index (κ1) is 41.6. The summed E-state index contributed by atoms with van der Waals surface area (Å²) < 4.78 is 22.8. The molecule has 0 amide bonds. The molecular formula is C41H68O7. The van der Waals surface area contributed by atoms with Gasteiger partial charge in [-0.25, -0.2) is 0 Å². The molecule has 0 spiro atoms. The molecule has 0 unspecified atom stereocenters. The Morgan fingerprint density at radius 1 is 0.542 bits per heavy atom. The van der Waals surface area contributed by atoms with Gasteiger partial charge in [-0.15, -0.1) is 0 Å². The van der Waals surface area contributed by atoms with Crippen LogP contribution in [-0.2, 0) is 44.7 Å². The van der Waals surface area contributed by atoms with Crippen LogP contribution in [0.5, 0.6) is 0 Å². The molecule has 0 aliphatic heterocycles. The molecule has 1 N–H and O–H groups in total. The van der Waals surface area contributed by atoms with E-state index >= 15 is 0 Å². The van der Waals surface area contributed by atoms with Crippen LogP contribution in [0, 0.1) is 27.7 Å². The molecule has 0 fully saturated rings. The van der Waals surface area contributed by atoms with Crippen LogP contribution < -0.4 is 0 Å². The molecule has 0 saturated heterocycles. The molecule has 7 nitrogen and oxygen atoms in total. The number of hydrogen-bond donors (Lipinski definition) is 1. The third-order valence-electron chi connectivity index (χ3n) is 9.75. The molecule has 2 aromatic rings. The van der Waals surface area contributed by atoms with E-state index in [1.165, 1.54) is 60.1 Å². The van der Waals surface area contributed by atoms with Crippen LogP contribution in [0.15, 0.2) is 8.83 Å². The molecule has 274 valence electrons. The van der Waals surface area contributed by atoms with Crippen LogP contribution in [0.3, 0.4) is 0 Å². The number of aryl methyl sites for hydroxylation is 4. The average Bonchev–Trinajstić information content (AvgIpc) is 3.49. The molecule has 0 aromatic carbocycles. The molecule has 0 saturated carbocycles. The fraction of sp³-hybridized carbons (Fsp3) is 0.756. The number of hydrogen-bond acceptors (Lipinski definition) is 7. The van der Waals surface area contributed by atoms with Gasteiger partial charge in [-0.3, -0.25) is 9.59 Å². The molecule has 0 bridgehead atoms. The minimum Gasteiger partial charge on any atom is -0.466 e. The van der Waals surface area contributed by atoms with Gasteiger partial charge in [0.1, 0.15) is 29.6 Å². The van der Waals surface area contributed by atoms with Crippen molar-refractivity contribution in [2.24, 2.45) is 0 Å². The van der Waals surface area contributed by atoms with Gasteiger partial charge in [0.25, 0.3) is 0 Å². The zero-order valence-electron chi connectivity index (χ0n) is 31.4. The Hall–Kier alpha value is -2.54.